The Morgan fingerprint density at radius 3 is 2.64 bits per heavy atom. The highest BCUT2D eigenvalue weighted by molar-refractivity contribution is 6.02. The Hall–Kier alpha value is -2.71. The van der Waals surface area contributed by atoms with Crippen LogP contribution in [0.3, 0.4) is 0 Å². The van der Waals surface area contributed by atoms with Gasteiger partial charge >= 0.3 is 5.69 Å². The van der Waals surface area contributed by atoms with E-state index in [0.29, 0.717) is 6.42 Å². The molecule has 2 aromatic rings. The Labute approximate surface area is 126 Å². The van der Waals surface area contributed by atoms with Crippen LogP contribution in [0.25, 0.3) is 0 Å². The lowest BCUT2D eigenvalue weighted by molar-refractivity contribution is 0.102. The molecule has 0 saturated carbocycles. The molecule has 2 heterocycles. The van der Waals surface area contributed by atoms with E-state index in [9.17, 15) is 14.4 Å². The largest absolute Gasteiger partial charge is 0.330 e. The van der Waals surface area contributed by atoms with Gasteiger partial charge in [0.1, 0.15) is 11.9 Å². The summed E-state index contributed by atoms with van der Waals surface area (Å²) in [7, 11) is 3.12. The van der Waals surface area contributed by atoms with Gasteiger partial charge in [-0.1, -0.05) is 13.3 Å². The van der Waals surface area contributed by atoms with Gasteiger partial charge in [0.15, 0.2) is 0 Å². The van der Waals surface area contributed by atoms with Gasteiger partial charge < -0.3 is 4.57 Å². The van der Waals surface area contributed by atoms with Gasteiger partial charge in [-0.05, 0) is 6.42 Å². The molecule has 0 aromatic carbocycles. The van der Waals surface area contributed by atoms with Crippen molar-refractivity contribution >= 4 is 11.9 Å². The van der Waals surface area contributed by atoms with Crippen LogP contribution >= 0.6 is 0 Å². The number of nitrogens with one attached hydrogen (secondary N) is 1. The zero-order valence-corrected chi connectivity index (χ0v) is 12.7. The minimum absolute atomic E-state index is 0.110. The fraction of sp³-hybridized carbons (Fsp3) is 0.462. The zero-order valence-electron chi connectivity index (χ0n) is 12.7. The number of aryl methyl sites for hydroxylation is 2. The predicted molar refractivity (Wildman–Crippen MR) is 79.8 cm³/mol. The molecule has 22 heavy (non-hydrogen) atoms. The Morgan fingerprint density at radius 2 is 2.05 bits per heavy atom. The van der Waals surface area contributed by atoms with Gasteiger partial charge in [0, 0.05) is 26.8 Å². The highest BCUT2D eigenvalue weighted by atomic mass is 16.2. The van der Waals surface area contributed by atoms with Gasteiger partial charge in [0.2, 0.25) is 5.95 Å². The number of hydrogen-bond donors (Lipinski definition) is 1. The van der Waals surface area contributed by atoms with Crippen molar-refractivity contribution in [3.05, 3.63) is 38.9 Å². The van der Waals surface area contributed by atoms with Gasteiger partial charge in [0.05, 0.1) is 0 Å². The van der Waals surface area contributed by atoms with Crippen LogP contribution in [0, 0.1) is 0 Å². The lowest BCUT2D eigenvalue weighted by atomic mass is 10.3. The molecule has 0 atom stereocenters. The van der Waals surface area contributed by atoms with Crippen LogP contribution in [0.1, 0.15) is 30.1 Å². The Morgan fingerprint density at radius 1 is 1.32 bits per heavy atom. The molecule has 0 fully saturated rings. The quantitative estimate of drug-likeness (QED) is 0.818. The molecule has 0 aliphatic rings. The van der Waals surface area contributed by atoms with Crippen molar-refractivity contribution < 1.29 is 4.79 Å². The molecule has 0 spiro atoms. The molecule has 9 nitrogen and oxygen atoms in total. The van der Waals surface area contributed by atoms with E-state index in [1.54, 1.807) is 7.05 Å². The first-order chi connectivity index (χ1) is 10.5. The van der Waals surface area contributed by atoms with Crippen LogP contribution in [0.4, 0.5) is 5.95 Å². The van der Waals surface area contributed by atoms with E-state index in [2.05, 4.69) is 15.4 Å². The second kappa shape index (κ2) is 6.37. The summed E-state index contributed by atoms with van der Waals surface area (Å²) in [5.74, 6) is -0.402. The second-order valence-corrected chi connectivity index (χ2v) is 4.91. The average Bonchev–Trinajstić information content (AvgIpc) is 2.88. The van der Waals surface area contributed by atoms with Crippen LogP contribution in [0.2, 0.25) is 0 Å². The first kappa shape index (κ1) is 15.7. The van der Waals surface area contributed by atoms with E-state index >= 15 is 0 Å². The summed E-state index contributed by atoms with van der Waals surface area (Å²) in [6.07, 6.45) is 4.04. The lowest BCUT2D eigenvalue weighted by Gasteiger charge is -2.10. The molecule has 118 valence electrons. The number of hydrogen-bond acceptors (Lipinski definition) is 5. The van der Waals surface area contributed by atoms with E-state index < -0.39 is 17.2 Å². The molecule has 0 aliphatic carbocycles. The third-order valence-electron chi connectivity index (χ3n) is 3.25. The SMILES string of the molecule is CCCCn1c(=O)c(C(=O)Nc2ncnn2C)cn(C)c1=O. The van der Waals surface area contributed by atoms with Gasteiger partial charge in [-0.2, -0.15) is 10.1 Å². The van der Waals surface area contributed by atoms with E-state index in [1.165, 1.54) is 28.8 Å². The Balaban J connectivity index is 2.40. The molecule has 0 saturated heterocycles. The number of unbranched alkanes of at least 4 members (excludes halogenated alkanes) is 1. The van der Waals surface area contributed by atoms with Gasteiger partial charge in [0.25, 0.3) is 11.5 Å². The van der Waals surface area contributed by atoms with Crippen LogP contribution < -0.4 is 16.6 Å². The van der Waals surface area contributed by atoms with Crippen molar-refractivity contribution in [3.63, 3.8) is 0 Å². The number of carbonyl (C=O) groups excluding carboxylic acids is 1. The summed E-state index contributed by atoms with van der Waals surface area (Å²) in [5, 5.41) is 6.33. The first-order valence-electron chi connectivity index (χ1n) is 6.91. The molecule has 0 radical (unpaired) electrons. The first-order valence-corrected chi connectivity index (χ1v) is 6.91. The normalized spacial score (nSPS) is 10.7. The fourth-order valence-corrected chi connectivity index (χ4v) is 1.97. The van der Waals surface area contributed by atoms with Crippen LogP contribution in [-0.2, 0) is 20.6 Å². The Kier molecular flexibility index (Phi) is 4.54. The minimum Gasteiger partial charge on any atom is -0.303 e. The number of aromatic nitrogens is 5. The molecular formula is C13H18N6O3. The van der Waals surface area contributed by atoms with Crippen molar-refractivity contribution in [1.29, 1.82) is 0 Å². The predicted octanol–water partition coefficient (Wildman–Crippen LogP) is -0.272. The van der Waals surface area contributed by atoms with Gasteiger partial charge in [-0.15, -0.1) is 0 Å². The van der Waals surface area contributed by atoms with Crippen molar-refractivity contribution in [2.24, 2.45) is 14.1 Å². The number of amides is 1. The maximum atomic E-state index is 12.3. The number of carbonyl (C=O) groups is 1. The molecule has 0 unspecified atom stereocenters. The molecule has 0 bridgehead atoms. The summed E-state index contributed by atoms with van der Waals surface area (Å²) in [4.78, 5) is 40.5. The van der Waals surface area contributed by atoms with Crippen LogP contribution in [-0.4, -0.2) is 29.8 Å². The molecule has 2 rings (SSSR count). The lowest BCUT2D eigenvalue weighted by Crippen LogP contribution is -2.42. The molecular weight excluding hydrogens is 288 g/mol. The number of nitrogens with zero attached hydrogens (tertiary/aromatic N) is 5. The maximum Gasteiger partial charge on any atom is 0.330 e. The smallest absolute Gasteiger partial charge is 0.303 e. The summed E-state index contributed by atoms with van der Waals surface area (Å²) in [5.41, 5.74) is -1.15. The van der Waals surface area contributed by atoms with E-state index in [0.717, 1.165) is 11.0 Å². The molecule has 1 amide bonds. The highest BCUT2D eigenvalue weighted by Crippen LogP contribution is 2.01. The molecule has 9 heteroatoms. The number of anilines is 1. The summed E-state index contributed by atoms with van der Waals surface area (Å²) >= 11 is 0. The van der Waals surface area contributed by atoms with Gasteiger partial charge in [-0.3, -0.25) is 19.5 Å². The minimum atomic E-state index is -0.623. The van der Waals surface area contributed by atoms with Crippen molar-refractivity contribution in [3.8, 4) is 0 Å². The standard InChI is InChI=1S/C13H18N6O3/c1-4-5-6-19-11(21)9(7-17(2)13(19)22)10(20)16-12-14-8-15-18(12)3/h7-8H,4-6H2,1-3H3,(H,14,15,16,20). The second-order valence-electron chi connectivity index (χ2n) is 4.91. The van der Waals surface area contributed by atoms with Crippen LogP contribution in [0.15, 0.2) is 22.1 Å². The van der Waals surface area contributed by atoms with Crippen molar-refractivity contribution in [2.75, 3.05) is 5.32 Å². The zero-order chi connectivity index (χ0) is 16.3. The summed E-state index contributed by atoms with van der Waals surface area (Å²) in [6.45, 7) is 2.24. The molecule has 2 aromatic heterocycles. The molecule has 0 aliphatic heterocycles. The monoisotopic (exact) mass is 306 g/mol. The Bertz CT molecular complexity index is 801. The van der Waals surface area contributed by atoms with Crippen molar-refractivity contribution in [2.45, 2.75) is 26.3 Å². The summed E-state index contributed by atoms with van der Waals surface area (Å²) in [6, 6.07) is 0. The highest BCUT2D eigenvalue weighted by Gasteiger charge is 2.17. The number of rotatable bonds is 5. The third kappa shape index (κ3) is 2.97. The van der Waals surface area contributed by atoms with Crippen molar-refractivity contribution in [1.82, 2.24) is 23.9 Å². The van der Waals surface area contributed by atoms with E-state index in [-0.39, 0.29) is 18.1 Å². The molecule has 1 N–H and O–H groups in total. The van der Waals surface area contributed by atoms with E-state index in [1.807, 2.05) is 6.92 Å². The maximum absolute atomic E-state index is 12.3. The summed E-state index contributed by atoms with van der Waals surface area (Å²) < 4.78 is 3.67. The van der Waals surface area contributed by atoms with E-state index in [4.69, 9.17) is 0 Å². The average molecular weight is 306 g/mol. The topological polar surface area (TPSA) is 104 Å². The third-order valence-corrected chi connectivity index (χ3v) is 3.25. The van der Waals surface area contributed by atoms with Crippen LogP contribution in [0.5, 0.6) is 0 Å². The van der Waals surface area contributed by atoms with Gasteiger partial charge in [-0.25, -0.2) is 9.48 Å². The fourth-order valence-electron chi connectivity index (χ4n) is 1.97.